The van der Waals surface area contributed by atoms with Crippen LogP contribution in [0.3, 0.4) is 0 Å². The summed E-state index contributed by atoms with van der Waals surface area (Å²) in [5.41, 5.74) is 11.4. The van der Waals surface area contributed by atoms with Gasteiger partial charge in [0.2, 0.25) is 0 Å². The van der Waals surface area contributed by atoms with Crippen molar-refractivity contribution < 1.29 is 24.5 Å². The summed E-state index contributed by atoms with van der Waals surface area (Å²) in [6.07, 6.45) is 14.2. The first-order chi connectivity index (χ1) is 28.5. The predicted molar refractivity (Wildman–Crippen MR) is 238 cm³/mol. The lowest BCUT2D eigenvalue weighted by atomic mass is 9.35. The molecule has 60 heavy (non-hydrogen) atoms. The number of phenols is 1. The fourth-order valence-corrected chi connectivity index (χ4v) is 16.3. The third kappa shape index (κ3) is 6.51. The fraction of sp³-hybridized carbons (Fsp3) is 0.698. The third-order valence-electron chi connectivity index (χ3n) is 19.2. The Bertz CT molecular complexity index is 2050. The number of aromatic hydroxyl groups is 1. The fourth-order valence-electron chi connectivity index (χ4n) is 16.3. The number of allylic oxidation sites excluding steroid dienone is 2. The topological polar surface area (TPSA) is 125 Å². The van der Waals surface area contributed by atoms with Crippen molar-refractivity contribution >= 4 is 17.3 Å². The molecule has 1 heterocycles. The van der Waals surface area contributed by atoms with E-state index in [0.29, 0.717) is 54.6 Å². The predicted octanol–water partition coefficient (Wildman–Crippen LogP) is 10.6. The van der Waals surface area contributed by atoms with Crippen molar-refractivity contribution in [2.75, 3.05) is 12.8 Å². The first kappa shape index (κ1) is 42.3. The number of ketones is 2. The molecule has 2 aromatic rings. The van der Waals surface area contributed by atoms with E-state index in [1.165, 1.54) is 30.4 Å². The average molecular weight is 819 g/mol. The van der Waals surface area contributed by atoms with E-state index < -0.39 is 11.5 Å². The van der Waals surface area contributed by atoms with E-state index in [1.807, 2.05) is 19.2 Å². The average Bonchev–Trinajstić information content (AvgIpc) is 3.51. The molecule has 0 bridgehead atoms. The molecule has 0 spiro atoms. The number of nitrogens with one attached hydrogen (secondary N) is 1. The van der Waals surface area contributed by atoms with E-state index in [4.69, 9.17) is 10.5 Å². The molecule has 0 radical (unpaired) electrons. The largest absolute Gasteiger partial charge is 0.508 e. The maximum Gasteiger partial charge on any atom is 0.160 e. The highest BCUT2D eigenvalue weighted by Crippen LogP contribution is 2.75. The number of aliphatic hydroxyl groups excluding tert-OH is 1. The summed E-state index contributed by atoms with van der Waals surface area (Å²) >= 11 is 0. The van der Waals surface area contributed by atoms with Crippen LogP contribution in [0.4, 0.5) is 5.69 Å². The second-order valence-corrected chi connectivity index (χ2v) is 22.6. The Kier molecular flexibility index (Phi) is 10.6. The van der Waals surface area contributed by atoms with Crippen LogP contribution in [0, 0.1) is 51.2 Å². The molecule has 6 fully saturated rings. The zero-order valence-electron chi connectivity index (χ0n) is 37.7. The molecule has 0 aromatic heterocycles. The molecule has 5 saturated carbocycles. The van der Waals surface area contributed by atoms with Crippen LogP contribution in [-0.2, 0) is 20.9 Å². The molecule has 0 amide bonds. The maximum absolute atomic E-state index is 15.0. The third-order valence-corrected chi connectivity index (χ3v) is 19.2. The first-order valence-electron chi connectivity index (χ1n) is 24.0. The molecule has 0 unspecified atom stereocenters. The van der Waals surface area contributed by atoms with Crippen molar-refractivity contribution in [2.24, 2.45) is 51.2 Å². The minimum absolute atomic E-state index is 0.0478. The van der Waals surface area contributed by atoms with Gasteiger partial charge in [0.15, 0.2) is 5.78 Å². The van der Waals surface area contributed by atoms with Gasteiger partial charge in [0, 0.05) is 35.4 Å². The first-order valence-corrected chi connectivity index (χ1v) is 24.0. The summed E-state index contributed by atoms with van der Waals surface area (Å²) in [5, 5.41) is 26.4. The number of anilines is 1. The van der Waals surface area contributed by atoms with Crippen molar-refractivity contribution in [3.8, 4) is 5.75 Å². The lowest BCUT2D eigenvalue weighted by Crippen LogP contribution is -2.63. The van der Waals surface area contributed by atoms with E-state index in [9.17, 15) is 19.8 Å². The van der Waals surface area contributed by atoms with Gasteiger partial charge in [-0.05, 0) is 171 Å². The number of carbonyl (C=O) groups excluding carboxylic acids is 2. The monoisotopic (exact) mass is 819 g/mol. The summed E-state index contributed by atoms with van der Waals surface area (Å²) in [6, 6.07) is 14.1. The summed E-state index contributed by atoms with van der Waals surface area (Å²) in [4.78, 5) is 29.6. The highest BCUT2D eigenvalue weighted by atomic mass is 16.6. The van der Waals surface area contributed by atoms with Gasteiger partial charge in [0.05, 0.1) is 11.7 Å². The maximum atomic E-state index is 15.0. The molecule has 1 saturated heterocycles. The van der Waals surface area contributed by atoms with Crippen LogP contribution in [0.5, 0.6) is 5.75 Å². The van der Waals surface area contributed by atoms with Crippen LogP contribution >= 0.6 is 0 Å². The summed E-state index contributed by atoms with van der Waals surface area (Å²) in [5.74, 6) is 2.33. The van der Waals surface area contributed by atoms with Crippen LogP contribution in [0.2, 0.25) is 0 Å². The molecule has 7 heteroatoms. The van der Waals surface area contributed by atoms with Crippen LogP contribution < -0.4 is 11.1 Å². The normalized spacial score (nSPS) is 39.9. The summed E-state index contributed by atoms with van der Waals surface area (Å²) < 4.78 is 6.65. The van der Waals surface area contributed by atoms with Crippen LogP contribution in [0.1, 0.15) is 166 Å². The molecule has 6 aliphatic carbocycles. The smallest absolute Gasteiger partial charge is 0.160 e. The zero-order chi connectivity index (χ0) is 42.6. The SMILES string of the molecule is CNCc1cc(O)cc([C@@H]2C[C@]3(C)[C@H](CC[C@@]4(C)[C@@H]3CCC3=C([C@@H](C[C@@H](O)[C@@H]5O[C@]5(C)[C@H]5CCC[C@H]5c5cccc(N)c5)C5CCCCC5)C(=O)C[C@@]34C)C(C)(C)C2=O)c1. The highest BCUT2D eigenvalue weighted by Gasteiger charge is 2.70. The van der Waals surface area contributed by atoms with Crippen molar-refractivity contribution in [1.29, 1.82) is 0 Å². The number of hydrogen-bond donors (Lipinski definition) is 4. The van der Waals surface area contributed by atoms with E-state index in [1.54, 1.807) is 6.07 Å². The number of aliphatic hydroxyl groups is 1. The molecule has 12 atom stereocenters. The van der Waals surface area contributed by atoms with E-state index in [0.717, 1.165) is 86.6 Å². The van der Waals surface area contributed by atoms with E-state index in [-0.39, 0.29) is 51.5 Å². The number of benzene rings is 2. The molecular weight excluding hydrogens is 745 g/mol. The number of phenolic OH excluding ortho intramolecular Hbond substituents is 1. The van der Waals surface area contributed by atoms with Crippen LogP contribution in [0.25, 0.3) is 0 Å². The van der Waals surface area contributed by atoms with Crippen LogP contribution in [-0.4, -0.2) is 46.6 Å². The van der Waals surface area contributed by atoms with Crippen molar-refractivity contribution in [3.05, 3.63) is 70.3 Å². The summed E-state index contributed by atoms with van der Waals surface area (Å²) in [6.45, 7) is 14.7. The minimum atomic E-state index is -0.622. The number of epoxide rings is 1. The van der Waals surface area contributed by atoms with Gasteiger partial charge in [0.25, 0.3) is 0 Å². The van der Waals surface area contributed by atoms with Crippen molar-refractivity contribution in [1.82, 2.24) is 5.32 Å². The quantitative estimate of drug-likeness (QED) is 0.139. The lowest BCUT2D eigenvalue weighted by Gasteiger charge is -2.68. The van der Waals surface area contributed by atoms with Crippen molar-refractivity contribution in [2.45, 2.75) is 174 Å². The Morgan fingerprint density at radius 2 is 1.65 bits per heavy atom. The second-order valence-electron chi connectivity index (χ2n) is 22.6. The molecule has 7 nitrogen and oxygen atoms in total. The van der Waals surface area contributed by atoms with Gasteiger partial charge in [-0.25, -0.2) is 0 Å². The Hall–Kier alpha value is -3.00. The molecule has 7 aliphatic rings. The number of nitrogens with two attached hydrogens (primary N) is 1. The molecule has 9 rings (SSSR count). The van der Waals surface area contributed by atoms with Gasteiger partial charge < -0.3 is 26.0 Å². The standard InChI is InChI=1S/C53H74N2O5/c1-49(2)44-21-22-51(4)45(50(44,3)28-39(47(49)59)34-23-31(30-55-7)24-36(56)26-34)20-19-41-46(43(58)29-52(41,51)5)38(32-13-9-8-10-14-32)27-42(57)48-53(6,60-48)40-18-12-17-37(40)33-15-11-16-35(54)25-33/h11,15-16,23-26,32,37-40,42,44-45,48,55-57H,8-10,12-14,17-22,27-30,54H2,1-7H3/t37-,38-,39-,40-,42+,44+,45+,48-,50+,51-,52-,53+/m0/s1. The Morgan fingerprint density at radius 3 is 2.38 bits per heavy atom. The van der Waals surface area contributed by atoms with Crippen molar-refractivity contribution in [3.63, 3.8) is 0 Å². The second kappa shape index (κ2) is 15.1. The van der Waals surface area contributed by atoms with E-state index >= 15 is 0 Å². The van der Waals surface area contributed by atoms with Gasteiger partial charge >= 0.3 is 0 Å². The Labute approximate surface area is 360 Å². The number of Topliss-reactive ketones (excluding diaryl/α,β-unsaturated/α-hetero) is 2. The Balaban J connectivity index is 1.02. The van der Waals surface area contributed by atoms with Gasteiger partial charge in [-0.2, -0.15) is 0 Å². The number of hydrogen-bond acceptors (Lipinski definition) is 7. The van der Waals surface area contributed by atoms with Gasteiger partial charge in [0.1, 0.15) is 17.6 Å². The van der Waals surface area contributed by atoms with Gasteiger partial charge in [-0.1, -0.05) is 84.1 Å². The number of nitrogen functional groups attached to an aromatic ring is 1. The number of ether oxygens (including phenoxy) is 1. The van der Waals surface area contributed by atoms with Gasteiger partial charge in [-0.15, -0.1) is 0 Å². The minimum Gasteiger partial charge on any atom is -0.508 e. The number of carbonyl (C=O) groups is 2. The molecule has 326 valence electrons. The molecule has 2 aromatic carbocycles. The highest BCUT2D eigenvalue weighted by molar-refractivity contribution is 6.01. The zero-order valence-corrected chi connectivity index (χ0v) is 37.7. The lowest BCUT2D eigenvalue weighted by molar-refractivity contribution is -0.183. The van der Waals surface area contributed by atoms with E-state index in [2.05, 4.69) is 71.1 Å². The number of fused-ring (bicyclic) bond motifs is 5. The molecule has 5 N–H and O–H groups in total. The summed E-state index contributed by atoms with van der Waals surface area (Å²) in [7, 11) is 1.91. The Morgan fingerprint density at radius 1 is 0.883 bits per heavy atom. The molecule has 1 aliphatic heterocycles. The van der Waals surface area contributed by atoms with Crippen LogP contribution in [0.15, 0.2) is 53.6 Å². The molecular formula is C53H74N2O5. The number of rotatable bonds is 10. The van der Waals surface area contributed by atoms with Gasteiger partial charge in [-0.3, -0.25) is 9.59 Å².